The predicted octanol–water partition coefficient (Wildman–Crippen LogP) is 3.03. The summed E-state index contributed by atoms with van der Waals surface area (Å²) in [7, 11) is 0. The number of halogens is 1. The molecule has 0 bridgehead atoms. The van der Waals surface area contributed by atoms with Gasteiger partial charge < -0.3 is 21.6 Å². The van der Waals surface area contributed by atoms with Crippen LogP contribution >= 0.6 is 0 Å². The van der Waals surface area contributed by atoms with Crippen LogP contribution in [0.2, 0.25) is 0 Å². The van der Waals surface area contributed by atoms with E-state index in [9.17, 15) is 9.18 Å². The van der Waals surface area contributed by atoms with Crippen molar-refractivity contribution in [3.63, 3.8) is 0 Å². The molecule has 0 aliphatic heterocycles. The van der Waals surface area contributed by atoms with Crippen LogP contribution in [0.4, 0.5) is 15.8 Å². The Balaban J connectivity index is 0.000000249. The van der Waals surface area contributed by atoms with Crippen LogP contribution in [0, 0.1) is 11.9 Å². The quantitative estimate of drug-likeness (QED) is 0.182. The number of carbonyl (C=O) groups excluding carboxylic acids is 1. The van der Waals surface area contributed by atoms with E-state index in [4.69, 9.17) is 11.5 Å². The number of amides is 1. The first-order chi connectivity index (χ1) is 14.1. The number of benzene rings is 3. The Morgan fingerprint density at radius 2 is 1.87 bits per heavy atom. The number of aliphatic imine (C=N–C) groups is 1. The van der Waals surface area contributed by atoms with E-state index in [0.717, 1.165) is 16.7 Å². The number of guanidine groups is 1. The van der Waals surface area contributed by atoms with Gasteiger partial charge in [-0.15, -0.1) is 18.2 Å². The summed E-state index contributed by atoms with van der Waals surface area (Å²) in [6, 6.07) is 22.0. The van der Waals surface area contributed by atoms with Crippen molar-refractivity contribution in [3.05, 3.63) is 84.9 Å². The molecule has 5 N–H and O–H groups in total. The Hall–Kier alpha value is -3.10. The minimum Gasteiger partial charge on any atom is -0.488 e. The molecule has 1 radical (unpaired) electrons. The Morgan fingerprint density at radius 1 is 1.13 bits per heavy atom. The van der Waals surface area contributed by atoms with E-state index in [0.29, 0.717) is 5.69 Å². The zero-order chi connectivity index (χ0) is 20.6. The standard InChI is InChI=1S/C14H9FN3O.C7H8N3.Y/c15-11-7-10(5-6-12(11)17-9-19)18-8-16-13-3-1-2-4-14(13)18;8-7(9)10-6-4-2-1-3-5-6;/h1-8H,(H,17,19);2-5H,(H4,8,9,10);/q2*-1;. The van der Waals surface area contributed by atoms with Crippen LogP contribution in [0.15, 0.2) is 78.0 Å². The van der Waals surface area contributed by atoms with E-state index in [-0.39, 0.29) is 44.4 Å². The molecule has 0 aliphatic carbocycles. The molecule has 4 aromatic rings. The van der Waals surface area contributed by atoms with Gasteiger partial charge in [0.15, 0.2) is 5.96 Å². The van der Waals surface area contributed by atoms with Gasteiger partial charge in [-0.05, 0) is 23.9 Å². The number of fused-ring (bicyclic) bond motifs is 1. The van der Waals surface area contributed by atoms with Crippen molar-refractivity contribution in [1.29, 1.82) is 0 Å². The molecule has 0 aliphatic rings. The Bertz CT molecular complexity index is 1140. The van der Waals surface area contributed by atoms with Gasteiger partial charge in [0.05, 0.1) is 23.3 Å². The van der Waals surface area contributed by atoms with Crippen molar-refractivity contribution in [2.45, 2.75) is 0 Å². The molecule has 1 heterocycles. The molecule has 4 rings (SSSR count). The molecule has 149 valence electrons. The van der Waals surface area contributed by atoms with Crippen LogP contribution in [0.3, 0.4) is 0 Å². The molecule has 1 amide bonds. The van der Waals surface area contributed by atoms with E-state index in [1.807, 2.05) is 24.3 Å². The molecule has 7 nitrogen and oxygen atoms in total. The molecular formula is C21H17FN6OY-2. The van der Waals surface area contributed by atoms with Crippen molar-refractivity contribution < 1.29 is 41.9 Å². The van der Waals surface area contributed by atoms with Crippen LogP contribution in [0.25, 0.3) is 16.7 Å². The molecule has 0 atom stereocenters. The number of hydrogen-bond acceptors (Lipinski definition) is 3. The van der Waals surface area contributed by atoms with Gasteiger partial charge in [0.2, 0.25) is 0 Å². The van der Waals surface area contributed by atoms with Crippen molar-refractivity contribution in [1.82, 2.24) is 9.55 Å². The first kappa shape index (κ1) is 23.2. The maximum atomic E-state index is 13.8. The first-order valence-electron chi connectivity index (χ1n) is 8.49. The molecule has 0 fully saturated rings. The molecule has 9 heteroatoms. The van der Waals surface area contributed by atoms with E-state index in [2.05, 4.69) is 21.4 Å². The summed E-state index contributed by atoms with van der Waals surface area (Å²) in [5.41, 5.74) is 13.5. The van der Waals surface area contributed by atoms with Gasteiger partial charge in [-0.3, -0.25) is 4.57 Å². The fourth-order valence-electron chi connectivity index (χ4n) is 2.58. The van der Waals surface area contributed by atoms with E-state index < -0.39 is 5.82 Å². The van der Waals surface area contributed by atoms with E-state index >= 15 is 0 Å². The number of nitrogens with one attached hydrogen (secondary N) is 1. The minimum absolute atomic E-state index is 0. The Labute approximate surface area is 197 Å². The topological polar surface area (TPSA) is 111 Å². The summed E-state index contributed by atoms with van der Waals surface area (Å²) < 4.78 is 15.5. The second-order valence-corrected chi connectivity index (χ2v) is 5.79. The fourth-order valence-corrected chi connectivity index (χ4v) is 2.58. The molecule has 1 aromatic heterocycles. The van der Waals surface area contributed by atoms with Gasteiger partial charge in [0, 0.05) is 38.4 Å². The first-order valence-corrected chi connectivity index (χ1v) is 8.49. The number of hydrogen-bond donors (Lipinski definition) is 3. The number of imidazole rings is 1. The molecule has 0 unspecified atom stereocenters. The second kappa shape index (κ2) is 11.2. The van der Waals surface area contributed by atoms with Crippen LogP contribution < -0.4 is 16.8 Å². The Morgan fingerprint density at radius 3 is 2.53 bits per heavy atom. The summed E-state index contributed by atoms with van der Waals surface area (Å²) >= 11 is 0. The summed E-state index contributed by atoms with van der Waals surface area (Å²) in [4.78, 5) is 18.3. The monoisotopic (exact) mass is 477 g/mol. The van der Waals surface area contributed by atoms with Crippen molar-refractivity contribution in [3.8, 4) is 5.69 Å². The van der Waals surface area contributed by atoms with Gasteiger partial charge in [-0.25, -0.2) is 14.4 Å². The van der Waals surface area contributed by atoms with Crippen molar-refractivity contribution in [2.24, 2.45) is 16.5 Å². The summed E-state index contributed by atoms with van der Waals surface area (Å²) in [6.07, 6.45) is 3.09. The van der Waals surface area contributed by atoms with Crippen LogP contribution in [-0.2, 0) is 37.5 Å². The average molecular weight is 477 g/mol. The molecule has 0 spiro atoms. The molecule has 0 saturated heterocycles. The van der Waals surface area contributed by atoms with E-state index in [1.165, 1.54) is 18.5 Å². The number of nitrogens with zero attached hydrogens (tertiary/aromatic N) is 3. The van der Waals surface area contributed by atoms with Crippen molar-refractivity contribution >= 4 is 34.8 Å². The third-order valence-electron chi connectivity index (χ3n) is 3.83. The van der Waals surface area contributed by atoms with Crippen LogP contribution in [0.5, 0.6) is 0 Å². The SMILES string of the molecule is NC(N)=Nc1cc[c-]cc1.O=[C-]Nc1ccc(-n2cnc3ccccc32)cc1F.[Y]. The second-order valence-electron chi connectivity index (χ2n) is 5.79. The van der Waals surface area contributed by atoms with Gasteiger partial charge in [-0.2, -0.15) is 18.2 Å². The number of rotatable bonds is 4. The Kier molecular flexibility index (Phi) is 8.64. The summed E-state index contributed by atoms with van der Waals surface area (Å²) in [5.74, 6) is -0.440. The number of nitrogens with two attached hydrogens (primary N) is 2. The maximum Gasteiger partial charge on any atom is 0.189 e. The molecule has 3 aromatic carbocycles. The van der Waals surface area contributed by atoms with Gasteiger partial charge in [0.1, 0.15) is 6.33 Å². The van der Waals surface area contributed by atoms with Gasteiger partial charge in [0.25, 0.3) is 0 Å². The summed E-state index contributed by atoms with van der Waals surface area (Å²) in [5, 5.41) is 2.18. The largest absolute Gasteiger partial charge is 0.488 e. The van der Waals surface area contributed by atoms with E-state index in [1.54, 1.807) is 41.2 Å². The number of anilines is 1. The fraction of sp³-hybridized carbons (Fsp3) is 0. The van der Waals surface area contributed by atoms with Crippen LogP contribution in [-0.4, -0.2) is 21.9 Å². The summed E-state index contributed by atoms with van der Waals surface area (Å²) in [6.45, 7) is 0. The number of aromatic nitrogens is 2. The zero-order valence-corrected chi connectivity index (χ0v) is 18.6. The smallest absolute Gasteiger partial charge is 0.189 e. The molecular weight excluding hydrogens is 460 g/mol. The third kappa shape index (κ3) is 5.95. The van der Waals surface area contributed by atoms with Crippen molar-refractivity contribution in [2.75, 3.05) is 5.32 Å². The molecule has 30 heavy (non-hydrogen) atoms. The number of para-hydroxylation sites is 2. The molecule has 0 saturated carbocycles. The minimum atomic E-state index is -0.515. The van der Waals surface area contributed by atoms with Gasteiger partial charge >= 0.3 is 0 Å². The van der Waals surface area contributed by atoms with Crippen LogP contribution in [0.1, 0.15) is 0 Å². The maximum absolute atomic E-state index is 13.8. The predicted molar refractivity (Wildman–Crippen MR) is 111 cm³/mol. The normalized spacial score (nSPS) is 9.63. The zero-order valence-electron chi connectivity index (χ0n) is 15.8. The van der Waals surface area contributed by atoms with Gasteiger partial charge in [-0.1, -0.05) is 23.9 Å². The average Bonchev–Trinajstić information content (AvgIpc) is 3.15. The third-order valence-corrected chi connectivity index (χ3v) is 3.83.